The molecular formula is C24H21N5O3. The molecule has 160 valence electrons. The lowest BCUT2D eigenvalue weighted by Crippen LogP contribution is -2.30. The summed E-state index contributed by atoms with van der Waals surface area (Å²) in [4.78, 5) is 18.9. The number of carboxylic acids is 1. The molecule has 3 heterocycles. The van der Waals surface area contributed by atoms with Crippen molar-refractivity contribution >= 4 is 27.8 Å². The summed E-state index contributed by atoms with van der Waals surface area (Å²) in [5, 5.41) is 17.6. The van der Waals surface area contributed by atoms with E-state index >= 15 is 0 Å². The van der Waals surface area contributed by atoms with Gasteiger partial charge in [-0.25, -0.2) is 4.79 Å². The smallest absolute Gasteiger partial charge is 0.357 e. The van der Waals surface area contributed by atoms with Crippen LogP contribution in [0.25, 0.3) is 32.9 Å². The van der Waals surface area contributed by atoms with Gasteiger partial charge in [0.25, 0.3) is 0 Å². The minimum atomic E-state index is -1.08. The van der Waals surface area contributed by atoms with Gasteiger partial charge in [0.05, 0.1) is 11.7 Å². The first kappa shape index (κ1) is 19.8. The summed E-state index contributed by atoms with van der Waals surface area (Å²) in [6.07, 6.45) is 6.03. The highest BCUT2D eigenvalue weighted by molar-refractivity contribution is 6.02. The molecule has 0 amide bonds. The zero-order valence-corrected chi connectivity index (χ0v) is 17.1. The van der Waals surface area contributed by atoms with Crippen LogP contribution in [0.1, 0.15) is 16.1 Å². The third-order valence-electron chi connectivity index (χ3n) is 5.43. The van der Waals surface area contributed by atoms with Gasteiger partial charge >= 0.3 is 5.97 Å². The van der Waals surface area contributed by atoms with Crippen LogP contribution in [0, 0.1) is 0 Å². The summed E-state index contributed by atoms with van der Waals surface area (Å²) in [6, 6.07) is 15.3. The van der Waals surface area contributed by atoms with Gasteiger partial charge in [0.15, 0.2) is 5.69 Å². The second kappa shape index (κ2) is 8.16. The largest absolute Gasteiger partial charge is 0.490 e. The Kier molecular flexibility index (Phi) is 5.04. The van der Waals surface area contributed by atoms with Gasteiger partial charge in [0.2, 0.25) is 0 Å². The summed E-state index contributed by atoms with van der Waals surface area (Å²) in [5.74, 6) is -0.476. The number of nitrogens with zero attached hydrogens (tertiary/aromatic N) is 2. The van der Waals surface area contributed by atoms with E-state index < -0.39 is 5.97 Å². The van der Waals surface area contributed by atoms with Crippen molar-refractivity contribution in [1.82, 2.24) is 20.2 Å². The van der Waals surface area contributed by atoms with Crippen molar-refractivity contribution in [2.75, 3.05) is 6.61 Å². The molecular weight excluding hydrogens is 406 g/mol. The number of hydrogen-bond acceptors (Lipinski definition) is 5. The zero-order chi connectivity index (χ0) is 22.1. The number of pyridine rings is 1. The minimum Gasteiger partial charge on any atom is -0.490 e. The monoisotopic (exact) mass is 427 g/mol. The number of carboxylic acid groups (broad SMARTS) is 1. The molecule has 0 saturated heterocycles. The number of carbonyl (C=O) groups is 1. The number of aromatic amines is 2. The normalized spacial score (nSPS) is 12.3. The standard InChI is InChI=1S/C24H21N5O3/c25-17(7-16-11-27-21-4-2-1-3-19(16)21)13-32-18-8-15(10-26-12-18)14-5-6-22-20(9-14)23(24(30)31)29-28-22/h1-6,8-12,17,27H,7,13,25H2,(H,28,29)(H,30,31)/t17-/m0/s1. The van der Waals surface area contributed by atoms with E-state index in [4.69, 9.17) is 10.5 Å². The second-order valence-corrected chi connectivity index (χ2v) is 7.68. The van der Waals surface area contributed by atoms with Crippen molar-refractivity contribution in [2.24, 2.45) is 5.73 Å². The Morgan fingerprint density at radius 3 is 2.81 bits per heavy atom. The van der Waals surface area contributed by atoms with Crippen LogP contribution in [0.5, 0.6) is 5.75 Å². The van der Waals surface area contributed by atoms with E-state index in [0.29, 0.717) is 29.7 Å². The molecule has 0 aliphatic rings. The van der Waals surface area contributed by atoms with E-state index in [1.807, 2.05) is 36.5 Å². The van der Waals surface area contributed by atoms with E-state index in [1.54, 1.807) is 24.5 Å². The van der Waals surface area contributed by atoms with Crippen molar-refractivity contribution in [1.29, 1.82) is 0 Å². The molecule has 0 saturated carbocycles. The Morgan fingerprint density at radius 1 is 1.06 bits per heavy atom. The Balaban J connectivity index is 1.30. The topological polar surface area (TPSA) is 130 Å². The first-order valence-corrected chi connectivity index (χ1v) is 10.2. The van der Waals surface area contributed by atoms with Crippen molar-refractivity contribution in [3.05, 3.63) is 78.4 Å². The quantitative estimate of drug-likeness (QED) is 0.313. The van der Waals surface area contributed by atoms with Crippen LogP contribution in [0.15, 0.2) is 67.1 Å². The maximum atomic E-state index is 11.4. The summed E-state index contributed by atoms with van der Waals surface area (Å²) in [7, 11) is 0. The SMILES string of the molecule is N[C@H](COc1cncc(-c2ccc3[nH]nc(C(=O)O)c3c2)c1)Cc1c[nH]c2ccccc12. The van der Waals surface area contributed by atoms with Gasteiger partial charge in [0, 0.05) is 40.3 Å². The molecule has 0 radical (unpaired) electrons. The van der Waals surface area contributed by atoms with Crippen LogP contribution in [0.2, 0.25) is 0 Å². The van der Waals surface area contributed by atoms with Gasteiger partial charge in [-0.05, 0) is 41.8 Å². The molecule has 0 spiro atoms. The molecule has 32 heavy (non-hydrogen) atoms. The highest BCUT2D eigenvalue weighted by atomic mass is 16.5. The van der Waals surface area contributed by atoms with E-state index in [-0.39, 0.29) is 11.7 Å². The maximum absolute atomic E-state index is 11.4. The summed E-state index contributed by atoms with van der Waals surface area (Å²) in [5.41, 5.74) is 10.9. The lowest BCUT2D eigenvalue weighted by molar-refractivity contribution is 0.0692. The average Bonchev–Trinajstić information content (AvgIpc) is 3.42. The minimum absolute atomic E-state index is 0.00883. The number of benzene rings is 2. The lowest BCUT2D eigenvalue weighted by Gasteiger charge is -2.13. The van der Waals surface area contributed by atoms with Crippen LogP contribution < -0.4 is 10.5 Å². The number of H-pyrrole nitrogens is 2. The lowest BCUT2D eigenvalue weighted by atomic mass is 10.0. The van der Waals surface area contributed by atoms with Crippen molar-refractivity contribution in [3.8, 4) is 16.9 Å². The van der Waals surface area contributed by atoms with E-state index in [2.05, 4.69) is 26.2 Å². The van der Waals surface area contributed by atoms with Crippen molar-refractivity contribution in [2.45, 2.75) is 12.5 Å². The molecule has 0 fully saturated rings. The van der Waals surface area contributed by atoms with Crippen molar-refractivity contribution < 1.29 is 14.6 Å². The molecule has 5 aromatic rings. The Hall–Kier alpha value is -4.17. The van der Waals surface area contributed by atoms with E-state index in [0.717, 1.165) is 22.2 Å². The predicted octanol–water partition coefficient (Wildman–Crippen LogP) is 3.75. The number of fused-ring (bicyclic) bond motifs is 2. The number of nitrogens with one attached hydrogen (secondary N) is 2. The third kappa shape index (κ3) is 3.79. The second-order valence-electron chi connectivity index (χ2n) is 7.68. The van der Waals surface area contributed by atoms with Gasteiger partial charge < -0.3 is 20.6 Å². The van der Waals surface area contributed by atoms with Gasteiger partial charge in [-0.1, -0.05) is 24.3 Å². The Labute approximate surface area is 183 Å². The third-order valence-corrected chi connectivity index (χ3v) is 5.43. The van der Waals surface area contributed by atoms with Crippen molar-refractivity contribution in [3.63, 3.8) is 0 Å². The molecule has 0 bridgehead atoms. The number of aromatic carboxylic acids is 1. The molecule has 1 atom stereocenters. The first-order chi connectivity index (χ1) is 15.6. The van der Waals surface area contributed by atoms with Crippen LogP contribution in [-0.4, -0.2) is 43.9 Å². The number of hydrogen-bond donors (Lipinski definition) is 4. The highest BCUT2D eigenvalue weighted by Crippen LogP contribution is 2.27. The number of aromatic nitrogens is 4. The van der Waals surface area contributed by atoms with Crippen LogP contribution >= 0.6 is 0 Å². The Bertz CT molecular complexity index is 1420. The van der Waals surface area contributed by atoms with Gasteiger partial charge in [-0.3, -0.25) is 10.1 Å². The van der Waals surface area contributed by atoms with E-state index in [9.17, 15) is 9.90 Å². The zero-order valence-electron chi connectivity index (χ0n) is 17.1. The number of ether oxygens (including phenoxy) is 1. The molecule has 2 aromatic carbocycles. The van der Waals surface area contributed by atoms with Crippen LogP contribution in [-0.2, 0) is 6.42 Å². The molecule has 8 nitrogen and oxygen atoms in total. The molecule has 3 aromatic heterocycles. The van der Waals surface area contributed by atoms with Crippen LogP contribution in [0.3, 0.4) is 0 Å². The summed E-state index contributed by atoms with van der Waals surface area (Å²) < 4.78 is 5.91. The predicted molar refractivity (Wildman–Crippen MR) is 122 cm³/mol. The maximum Gasteiger partial charge on any atom is 0.357 e. The molecule has 0 unspecified atom stereocenters. The molecule has 8 heteroatoms. The summed E-state index contributed by atoms with van der Waals surface area (Å²) >= 11 is 0. The van der Waals surface area contributed by atoms with Crippen LogP contribution in [0.4, 0.5) is 0 Å². The number of para-hydroxylation sites is 1. The highest BCUT2D eigenvalue weighted by Gasteiger charge is 2.14. The van der Waals surface area contributed by atoms with Gasteiger partial charge in [-0.2, -0.15) is 5.10 Å². The fourth-order valence-electron chi connectivity index (χ4n) is 3.86. The fraction of sp³-hybridized carbons (Fsp3) is 0.125. The number of nitrogens with two attached hydrogens (primary N) is 1. The molecule has 5 rings (SSSR count). The molecule has 0 aliphatic carbocycles. The number of rotatable bonds is 7. The fourth-order valence-corrected chi connectivity index (χ4v) is 3.86. The van der Waals surface area contributed by atoms with Gasteiger partial charge in [0.1, 0.15) is 12.4 Å². The first-order valence-electron chi connectivity index (χ1n) is 10.2. The Morgan fingerprint density at radius 2 is 1.94 bits per heavy atom. The molecule has 0 aliphatic heterocycles. The summed E-state index contributed by atoms with van der Waals surface area (Å²) in [6.45, 7) is 0.342. The average molecular weight is 427 g/mol. The molecule has 5 N–H and O–H groups in total. The van der Waals surface area contributed by atoms with Gasteiger partial charge in [-0.15, -0.1) is 0 Å². The van der Waals surface area contributed by atoms with E-state index in [1.165, 1.54) is 5.39 Å².